The van der Waals surface area contributed by atoms with Crippen LogP contribution < -0.4 is 4.74 Å². The molecule has 0 radical (unpaired) electrons. The van der Waals surface area contributed by atoms with Gasteiger partial charge in [0.25, 0.3) is 0 Å². The first-order valence-electron chi connectivity index (χ1n) is 34.1. The van der Waals surface area contributed by atoms with Crippen molar-refractivity contribution in [1.29, 1.82) is 0 Å². The molecule has 424 valence electrons. The van der Waals surface area contributed by atoms with Gasteiger partial charge in [0.1, 0.15) is 11.5 Å². The van der Waals surface area contributed by atoms with Crippen LogP contribution in [0.15, 0.2) is 30.3 Å². The van der Waals surface area contributed by atoms with Crippen LogP contribution in [0.5, 0.6) is 11.5 Å². The molecule has 0 atom stereocenters. The van der Waals surface area contributed by atoms with E-state index in [9.17, 15) is 0 Å². The van der Waals surface area contributed by atoms with Crippen molar-refractivity contribution >= 4 is 0 Å². The molecular weight excluding hydrogens is 881 g/mol. The fraction of sp³-hybridized carbons (Fsp3) is 0.833. The van der Waals surface area contributed by atoms with Crippen molar-refractivity contribution in [2.75, 3.05) is 0 Å². The summed E-state index contributed by atoms with van der Waals surface area (Å²) in [6.07, 6.45) is 75.9. The number of rotatable bonds is 57. The van der Waals surface area contributed by atoms with Gasteiger partial charge in [-0.2, -0.15) is 0 Å². The Morgan fingerprint density at radius 3 is 0.822 bits per heavy atom. The van der Waals surface area contributed by atoms with Crippen molar-refractivity contribution in [3.63, 3.8) is 0 Å². The van der Waals surface area contributed by atoms with Gasteiger partial charge in [-0.3, -0.25) is 0 Å². The number of hydrogen-bond acceptors (Lipinski definition) is 1. The topological polar surface area (TPSA) is 9.23 Å². The second-order valence-corrected chi connectivity index (χ2v) is 23.9. The molecule has 0 bridgehead atoms. The Labute approximate surface area is 459 Å². The van der Waals surface area contributed by atoms with Crippen molar-refractivity contribution in [2.45, 2.75) is 388 Å². The third kappa shape index (κ3) is 38.4. The molecule has 0 unspecified atom stereocenters. The summed E-state index contributed by atoms with van der Waals surface area (Å²) >= 11 is 0. The molecule has 0 spiro atoms. The second-order valence-electron chi connectivity index (χ2n) is 23.9. The van der Waals surface area contributed by atoms with Crippen LogP contribution in [0.1, 0.15) is 383 Å². The first kappa shape index (κ1) is 67.3. The standard InChI is InChI=1S/C72H130O/c1-6-11-16-21-26-31-36-41-46-51-56-66-61-63-71(68(65-66)58-53-48-43-38-33-28-23-18-13-8-3)73-72-64-62-67(57-52-47-42-37-32-27-22-17-12-7-2)69(59-54-49-44-39-34-29-24-19-14-9-4)70(72)60-55-50-45-40-35-30-25-20-15-10-5/h61-65H,6-60H2,1-5H3. The van der Waals surface area contributed by atoms with Gasteiger partial charge in [0.15, 0.2) is 0 Å². The minimum atomic E-state index is 1.15. The summed E-state index contributed by atoms with van der Waals surface area (Å²) in [5.74, 6) is 2.34. The van der Waals surface area contributed by atoms with E-state index in [4.69, 9.17) is 4.74 Å². The molecule has 1 heteroatoms. The van der Waals surface area contributed by atoms with Crippen LogP contribution in [-0.2, 0) is 32.1 Å². The Kier molecular flexibility index (Phi) is 48.3. The summed E-state index contributed by atoms with van der Waals surface area (Å²) < 4.78 is 7.39. The Morgan fingerprint density at radius 2 is 0.479 bits per heavy atom. The average molecular weight is 1010 g/mol. The molecule has 0 aromatic heterocycles. The number of ether oxygens (including phenoxy) is 1. The molecule has 0 amide bonds. The van der Waals surface area contributed by atoms with Crippen LogP contribution >= 0.6 is 0 Å². The van der Waals surface area contributed by atoms with Gasteiger partial charge in [-0.1, -0.05) is 342 Å². The van der Waals surface area contributed by atoms with Gasteiger partial charge in [0.2, 0.25) is 0 Å². The lowest BCUT2D eigenvalue weighted by atomic mass is 9.89. The third-order valence-electron chi connectivity index (χ3n) is 16.8. The Balaban J connectivity index is 2.31. The van der Waals surface area contributed by atoms with E-state index in [1.165, 1.54) is 364 Å². The highest BCUT2D eigenvalue weighted by atomic mass is 16.5. The number of unbranched alkanes of at least 4 members (excludes halogenated alkanes) is 45. The Hall–Kier alpha value is -1.76. The summed E-state index contributed by atoms with van der Waals surface area (Å²) in [6, 6.07) is 12.4. The summed E-state index contributed by atoms with van der Waals surface area (Å²) in [7, 11) is 0. The summed E-state index contributed by atoms with van der Waals surface area (Å²) in [5, 5.41) is 0. The molecule has 2 aromatic carbocycles. The molecule has 0 saturated heterocycles. The van der Waals surface area contributed by atoms with Crippen molar-refractivity contribution in [2.24, 2.45) is 0 Å². The van der Waals surface area contributed by atoms with E-state index in [1.807, 2.05) is 0 Å². The van der Waals surface area contributed by atoms with Crippen molar-refractivity contribution in [1.82, 2.24) is 0 Å². The van der Waals surface area contributed by atoms with Crippen LogP contribution in [-0.4, -0.2) is 0 Å². The van der Waals surface area contributed by atoms with Gasteiger partial charge in [0.05, 0.1) is 0 Å². The molecule has 1 nitrogen and oxygen atoms in total. The molecule has 0 aliphatic heterocycles. The van der Waals surface area contributed by atoms with Gasteiger partial charge >= 0.3 is 0 Å². The summed E-state index contributed by atoms with van der Waals surface area (Å²) in [4.78, 5) is 0. The lowest BCUT2D eigenvalue weighted by Crippen LogP contribution is -2.06. The van der Waals surface area contributed by atoms with Gasteiger partial charge in [0, 0.05) is 0 Å². The first-order valence-corrected chi connectivity index (χ1v) is 34.1. The lowest BCUT2D eigenvalue weighted by molar-refractivity contribution is 0.463. The average Bonchev–Trinajstić information content (AvgIpc) is 3.40. The Bertz CT molecular complexity index is 1440. The van der Waals surface area contributed by atoms with Crippen molar-refractivity contribution < 1.29 is 4.74 Å². The second kappa shape index (κ2) is 52.3. The maximum atomic E-state index is 7.39. The maximum absolute atomic E-state index is 7.39. The fourth-order valence-corrected chi connectivity index (χ4v) is 11.8. The zero-order valence-corrected chi connectivity index (χ0v) is 50.7. The zero-order chi connectivity index (χ0) is 52.2. The van der Waals surface area contributed by atoms with Gasteiger partial charge in [-0.25, -0.2) is 0 Å². The van der Waals surface area contributed by atoms with E-state index >= 15 is 0 Å². The monoisotopic (exact) mass is 1010 g/mol. The largest absolute Gasteiger partial charge is 0.457 e. The number of aryl methyl sites for hydroxylation is 3. The zero-order valence-electron chi connectivity index (χ0n) is 50.7. The third-order valence-corrected chi connectivity index (χ3v) is 16.8. The van der Waals surface area contributed by atoms with Crippen LogP contribution in [0, 0.1) is 0 Å². The van der Waals surface area contributed by atoms with Crippen LogP contribution in [0.4, 0.5) is 0 Å². The van der Waals surface area contributed by atoms with Crippen molar-refractivity contribution in [3.05, 3.63) is 58.1 Å². The normalized spacial score (nSPS) is 11.6. The van der Waals surface area contributed by atoms with E-state index in [0.29, 0.717) is 0 Å². The van der Waals surface area contributed by atoms with E-state index in [2.05, 4.69) is 65.0 Å². The van der Waals surface area contributed by atoms with E-state index in [-0.39, 0.29) is 0 Å². The molecule has 0 fully saturated rings. The molecular formula is C72H130O. The molecule has 0 heterocycles. The SMILES string of the molecule is CCCCCCCCCCCCc1ccc(Oc2ccc(CCCCCCCCCCCC)c(CCCCCCCCCCCC)c2CCCCCCCCCCCC)c(CCCCCCCCCCCC)c1. The summed E-state index contributed by atoms with van der Waals surface area (Å²) in [6.45, 7) is 11.7. The minimum Gasteiger partial charge on any atom is -0.457 e. The molecule has 73 heavy (non-hydrogen) atoms. The van der Waals surface area contributed by atoms with E-state index in [0.717, 1.165) is 12.2 Å². The maximum Gasteiger partial charge on any atom is 0.130 e. The highest BCUT2D eigenvalue weighted by Crippen LogP contribution is 2.36. The molecule has 2 rings (SSSR count). The highest BCUT2D eigenvalue weighted by Gasteiger charge is 2.17. The first-order chi connectivity index (χ1) is 36.2. The van der Waals surface area contributed by atoms with Gasteiger partial charge in [-0.15, -0.1) is 0 Å². The molecule has 2 aromatic rings. The van der Waals surface area contributed by atoms with Crippen LogP contribution in [0.25, 0.3) is 0 Å². The van der Waals surface area contributed by atoms with E-state index in [1.54, 1.807) is 16.7 Å². The quantitative estimate of drug-likeness (QED) is 0.0600. The Morgan fingerprint density at radius 1 is 0.219 bits per heavy atom. The van der Waals surface area contributed by atoms with Gasteiger partial charge in [-0.05, 0) is 104 Å². The number of benzene rings is 2. The molecule has 0 saturated carbocycles. The molecule has 0 aliphatic rings. The smallest absolute Gasteiger partial charge is 0.130 e. The van der Waals surface area contributed by atoms with E-state index < -0.39 is 0 Å². The number of hydrogen-bond donors (Lipinski definition) is 0. The lowest BCUT2D eigenvalue weighted by Gasteiger charge is -2.21. The van der Waals surface area contributed by atoms with Crippen LogP contribution in [0.3, 0.4) is 0 Å². The fourth-order valence-electron chi connectivity index (χ4n) is 11.8. The molecule has 0 aliphatic carbocycles. The predicted molar refractivity (Wildman–Crippen MR) is 331 cm³/mol. The highest BCUT2D eigenvalue weighted by molar-refractivity contribution is 5.49. The predicted octanol–water partition coefficient (Wildman–Crippen LogP) is 25.8. The van der Waals surface area contributed by atoms with Crippen molar-refractivity contribution in [3.8, 4) is 11.5 Å². The van der Waals surface area contributed by atoms with Crippen LogP contribution in [0.2, 0.25) is 0 Å². The molecule has 0 N–H and O–H groups in total. The minimum absolute atomic E-state index is 1.15. The summed E-state index contributed by atoms with van der Waals surface area (Å²) in [5.41, 5.74) is 7.94. The van der Waals surface area contributed by atoms with Gasteiger partial charge < -0.3 is 4.74 Å².